The van der Waals surface area contributed by atoms with Gasteiger partial charge in [-0.15, -0.1) is 0 Å². The maximum atomic E-state index is 13.0. The van der Waals surface area contributed by atoms with Gasteiger partial charge in [0.25, 0.3) is 0 Å². The van der Waals surface area contributed by atoms with E-state index in [-0.39, 0.29) is 17.6 Å². The molecular weight excluding hydrogens is 217 g/mol. The van der Waals surface area contributed by atoms with Crippen molar-refractivity contribution in [3.05, 3.63) is 35.6 Å². The van der Waals surface area contributed by atoms with Crippen LogP contribution in [0.5, 0.6) is 0 Å². The van der Waals surface area contributed by atoms with Crippen molar-refractivity contribution in [3.63, 3.8) is 0 Å². The Morgan fingerprint density at radius 3 is 2.94 bits per heavy atom. The average molecular weight is 235 g/mol. The number of hydrogen-bond acceptors (Lipinski definition) is 1. The van der Waals surface area contributed by atoms with Gasteiger partial charge in [0.15, 0.2) is 0 Å². The minimum absolute atomic E-state index is 0.0290. The highest BCUT2D eigenvalue weighted by molar-refractivity contribution is 5.77. The lowest BCUT2D eigenvalue weighted by Gasteiger charge is -2.07. The highest BCUT2D eigenvalue weighted by atomic mass is 19.1. The van der Waals surface area contributed by atoms with E-state index in [0.717, 1.165) is 12.0 Å². The van der Waals surface area contributed by atoms with Crippen LogP contribution >= 0.6 is 0 Å². The molecule has 2 rings (SSSR count). The van der Waals surface area contributed by atoms with E-state index in [0.29, 0.717) is 18.4 Å². The highest BCUT2D eigenvalue weighted by Crippen LogP contribution is 2.46. The molecule has 92 valence electrons. The van der Waals surface area contributed by atoms with Crippen LogP contribution in [-0.2, 0) is 4.79 Å². The molecule has 1 aliphatic rings. The Kier molecular flexibility index (Phi) is 3.46. The summed E-state index contributed by atoms with van der Waals surface area (Å²) in [4.78, 5) is 11.4. The first-order valence-corrected chi connectivity index (χ1v) is 6.11. The molecule has 1 N–H and O–H groups in total. The van der Waals surface area contributed by atoms with Crippen molar-refractivity contribution in [1.82, 2.24) is 5.32 Å². The molecule has 2 nitrogen and oxygen atoms in total. The minimum Gasteiger partial charge on any atom is -0.356 e. The van der Waals surface area contributed by atoms with Crippen molar-refractivity contribution in [2.75, 3.05) is 6.54 Å². The van der Waals surface area contributed by atoms with Gasteiger partial charge in [0.1, 0.15) is 5.82 Å². The van der Waals surface area contributed by atoms with Gasteiger partial charge >= 0.3 is 0 Å². The molecule has 1 fully saturated rings. The number of halogens is 1. The van der Waals surface area contributed by atoms with E-state index in [1.54, 1.807) is 12.1 Å². The number of carbonyl (C=O) groups is 1. The molecule has 0 heterocycles. The van der Waals surface area contributed by atoms with Crippen LogP contribution in [0.15, 0.2) is 24.3 Å². The van der Waals surface area contributed by atoms with E-state index in [2.05, 4.69) is 5.32 Å². The van der Waals surface area contributed by atoms with Crippen molar-refractivity contribution in [2.24, 2.45) is 11.8 Å². The first-order chi connectivity index (χ1) is 8.08. The molecule has 0 bridgehead atoms. The van der Waals surface area contributed by atoms with E-state index in [4.69, 9.17) is 0 Å². The quantitative estimate of drug-likeness (QED) is 0.854. The molecule has 1 amide bonds. The highest BCUT2D eigenvalue weighted by Gasteiger charge is 2.38. The van der Waals surface area contributed by atoms with Crippen molar-refractivity contribution < 1.29 is 9.18 Å². The average Bonchev–Trinajstić information content (AvgIpc) is 3.05. The summed E-state index contributed by atoms with van der Waals surface area (Å²) in [6.45, 7) is 4.47. The first-order valence-electron chi connectivity index (χ1n) is 6.11. The Bertz CT molecular complexity index is 416. The monoisotopic (exact) mass is 235 g/mol. The van der Waals surface area contributed by atoms with Crippen LogP contribution < -0.4 is 5.32 Å². The molecule has 1 aromatic carbocycles. The molecular formula is C14H18FNO. The van der Waals surface area contributed by atoms with Gasteiger partial charge in [-0.25, -0.2) is 4.39 Å². The van der Waals surface area contributed by atoms with Crippen LogP contribution in [0.4, 0.5) is 4.39 Å². The molecule has 3 heteroatoms. The third-order valence-corrected chi connectivity index (χ3v) is 3.26. The number of rotatable bonds is 4. The maximum Gasteiger partial charge on any atom is 0.222 e. The van der Waals surface area contributed by atoms with E-state index < -0.39 is 0 Å². The molecule has 17 heavy (non-hydrogen) atoms. The van der Waals surface area contributed by atoms with E-state index in [1.807, 2.05) is 19.9 Å². The van der Waals surface area contributed by atoms with Gasteiger partial charge in [-0.3, -0.25) is 4.79 Å². The van der Waals surface area contributed by atoms with E-state index >= 15 is 0 Å². The van der Waals surface area contributed by atoms with Crippen molar-refractivity contribution in [3.8, 4) is 0 Å². The second-order valence-electron chi connectivity index (χ2n) is 5.06. The van der Waals surface area contributed by atoms with Gasteiger partial charge in [-0.2, -0.15) is 0 Å². The maximum absolute atomic E-state index is 13.0. The van der Waals surface area contributed by atoms with Crippen molar-refractivity contribution in [1.29, 1.82) is 0 Å². The predicted octanol–water partition coefficient (Wildman–Crippen LogP) is 2.70. The molecule has 0 saturated heterocycles. The summed E-state index contributed by atoms with van der Waals surface area (Å²) in [6.07, 6.45) is 1.04. The number of amides is 1. The van der Waals surface area contributed by atoms with Crippen molar-refractivity contribution in [2.45, 2.75) is 26.2 Å². The third kappa shape index (κ3) is 3.05. The number of benzene rings is 1. The second kappa shape index (κ2) is 4.86. The van der Waals surface area contributed by atoms with Crippen LogP contribution in [-0.4, -0.2) is 12.5 Å². The third-order valence-electron chi connectivity index (χ3n) is 3.26. The van der Waals surface area contributed by atoms with E-state index in [9.17, 15) is 9.18 Å². The smallest absolute Gasteiger partial charge is 0.222 e. The summed E-state index contributed by atoms with van der Waals surface area (Å²) < 4.78 is 13.0. The second-order valence-corrected chi connectivity index (χ2v) is 5.06. The van der Waals surface area contributed by atoms with Gasteiger partial charge in [0.2, 0.25) is 5.91 Å². The van der Waals surface area contributed by atoms with Gasteiger partial charge in [-0.1, -0.05) is 26.0 Å². The lowest BCUT2D eigenvalue weighted by Crippen LogP contribution is -2.29. The molecule has 1 saturated carbocycles. The normalized spacial score (nSPS) is 22.6. The Hall–Kier alpha value is -1.38. The lowest BCUT2D eigenvalue weighted by atomic mass is 10.1. The number of carbonyl (C=O) groups excluding carboxylic acids is 1. The van der Waals surface area contributed by atoms with Crippen LogP contribution in [0, 0.1) is 17.7 Å². The topological polar surface area (TPSA) is 29.1 Å². The Morgan fingerprint density at radius 1 is 1.53 bits per heavy atom. The predicted molar refractivity (Wildman–Crippen MR) is 65.1 cm³/mol. The molecule has 1 aromatic rings. The van der Waals surface area contributed by atoms with E-state index in [1.165, 1.54) is 6.07 Å². The fourth-order valence-corrected chi connectivity index (χ4v) is 2.05. The molecule has 0 radical (unpaired) electrons. The molecule has 2 atom stereocenters. The SMILES string of the molecule is CC(C)C(=O)NC[C@@H]1C[C@H]1c1cccc(F)c1. The van der Waals surface area contributed by atoms with Gasteiger partial charge in [0.05, 0.1) is 0 Å². The minimum atomic E-state index is -0.181. The molecule has 0 spiro atoms. The van der Waals surface area contributed by atoms with Gasteiger partial charge in [-0.05, 0) is 36.0 Å². The van der Waals surface area contributed by atoms with Crippen LogP contribution in [0.2, 0.25) is 0 Å². The van der Waals surface area contributed by atoms with Crippen LogP contribution in [0.3, 0.4) is 0 Å². The Labute approximate surface area is 101 Å². The number of hydrogen-bond donors (Lipinski definition) is 1. The van der Waals surface area contributed by atoms with Crippen LogP contribution in [0.1, 0.15) is 31.7 Å². The molecule has 1 aliphatic carbocycles. The summed E-state index contributed by atoms with van der Waals surface area (Å²) in [6, 6.07) is 6.75. The summed E-state index contributed by atoms with van der Waals surface area (Å²) in [5.41, 5.74) is 1.05. The Balaban J connectivity index is 1.83. The fraction of sp³-hybridized carbons (Fsp3) is 0.500. The number of nitrogens with one attached hydrogen (secondary N) is 1. The first kappa shape index (κ1) is 12.1. The van der Waals surface area contributed by atoms with Crippen LogP contribution in [0.25, 0.3) is 0 Å². The van der Waals surface area contributed by atoms with Crippen molar-refractivity contribution >= 4 is 5.91 Å². The Morgan fingerprint density at radius 2 is 2.29 bits per heavy atom. The zero-order valence-corrected chi connectivity index (χ0v) is 10.2. The summed E-state index contributed by atoms with van der Waals surface area (Å²) in [5, 5.41) is 2.93. The molecule has 0 aromatic heterocycles. The summed E-state index contributed by atoms with van der Waals surface area (Å²) >= 11 is 0. The zero-order chi connectivity index (χ0) is 12.4. The fourth-order valence-electron chi connectivity index (χ4n) is 2.05. The summed E-state index contributed by atoms with van der Waals surface area (Å²) in [7, 11) is 0. The lowest BCUT2D eigenvalue weighted by molar-refractivity contribution is -0.124. The van der Waals surface area contributed by atoms with Gasteiger partial charge in [0, 0.05) is 12.5 Å². The summed E-state index contributed by atoms with van der Waals surface area (Å²) in [5.74, 6) is 0.827. The standard InChI is InChI=1S/C14H18FNO/c1-9(2)14(17)16-8-11-7-13(11)10-4-3-5-12(15)6-10/h3-6,9,11,13H,7-8H2,1-2H3,(H,16,17)/t11-,13-/m0/s1. The molecule has 0 aliphatic heterocycles. The zero-order valence-electron chi connectivity index (χ0n) is 10.2. The van der Waals surface area contributed by atoms with Gasteiger partial charge < -0.3 is 5.32 Å². The molecule has 0 unspecified atom stereocenters. The largest absolute Gasteiger partial charge is 0.356 e.